The van der Waals surface area contributed by atoms with E-state index < -0.39 is 0 Å². The lowest BCUT2D eigenvalue weighted by Crippen LogP contribution is -2.40. The molecule has 2 aromatic heterocycles. The van der Waals surface area contributed by atoms with Crippen LogP contribution in [-0.2, 0) is 5.41 Å². The molecule has 1 amide bonds. The van der Waals surface area contributed by atoms with E-state index in [9.17, 15) is 4.79 Å². The molecule has 0 spiro atoms. The smallest absolute Gasteiger partial charge is 0.257 e. The molecule has 2 rings (SSSR count). The molecule has 0 aliphatic carbocycles. The van der Waals surface area contributed by atoms with Crippen LogP contribution in [0.1, 0.15) is 98.6 Å². The minimum Gasteiger partial charge on any atom is -0.364 e. The van der Waals surface area contributed by atoms with E-state index in [2.05, 4.69) is 76.1 Å². The summed E-state index contributed by atoms with van der Waals surface area (Å²) in [6, 6.07) is 0. The zero-order chi connectivity index (χ0) is 21.7. The highest BCUT2D eigenvalue weighted by molar-refractivity contribution is 6.00. The van der Waals surface area contributed by atoms with Crippen LogP contribution in [-0.4, -0.2) is 31.6 Å². The van der Waals surface area contributed by atoms with Crippen molar-refractivity contribution in [3.8, 4) is 0 Å². The summed E-state index contributed by atoms with van der Waals surface area (Å²) in [5.41, 5.74) is 1.95. The van der Waals surface area contributed by atoms with Gasteiger partial charge < -0.3 is 15.6 Å². The van der Waals surface area contributed by atoms with E-state index in [1.54, 1.807) is 6.20 Å². The van der Waals surface area contributed by atoms with Crippen molar-refractivity contribution in [2.45, 2.75) is 99.1 Å². The van der Waals surface area contributed by atoms with Crippen molar-refractivity contribution in [3.05, 3.63) is 17.5 Å². The fourth-order valence-electron chi connectivity index (χ4n) is 3.84. The first-order valence-corrected chi connectivity index (χ1v) is 10.1. The molecule has 3 N–H and O–H groups in total. The highest BCUT2D eigenvalue weighted by Gasteiger charge is 2.32. The molecule has 0 unspecified atom stereocenters. The fourth-order valence-corrected chi connectivity index (χ4v) is 3.84. The molecule has 2 aromatic rings. The lowest BCUT2D eigenvalue weighted by atomic mass is 9.81. The molecule has 158 valence electrons. The molecule has 0 aliphatic heterocycles. The number of hydrogen-bond donors (Lipinski definition) is 3. The summed E-state index contributed by atoms with van der Waals surface area (Å²) in [6.07, 6.45) is 2.64. The van der Waals surface area contributed by atoms with Gasteiger partial charge in [0.05, 0.1) is 11.9 Å². The Morgan fingerprint density at radius 1 is 1.04 bits per heavy atom. The van der Waals surface area contributed by atoms with Crippen LogP contribution in [0.4, 0.5) is 5.82 Å². The van der Waals surface area contributed by atoms with Crippen molar-refractivity contribution in [3.63, 3.8) is 0 Å². The number of H-pyrrole nitrogens is 1. The third kappa shape index (κ3) is 5.30. The normalized spacial score (nSPS) is 13.8. The first-order chi connectivity index (χ1) is 12.4. The highest BCUT2D eigenvalue weighted by Crippen LogP contribution is 2.35. The largest absolute Gasteiger partial charge is 0.364 e. The summed E-state index contributed by atoms with van der Waals surface area (Å²) in [4.78, 5) is 16.3. The van der Waals surface area contributed by atoms with Gasteiger partial charge in [-0.05, 0) is 46.5 Å². The van der Waals surface area contributed by atoms with E-state index in [0.717, 1.165) is 23.6 Å². The lowest BCUT2D eigenvalue weighted by Gasteiger charge is -2.34. The average molecular weight is 390 g/mol. The number of aromatic nitrogens is 3. The fraction of sp³-hybridized carbons (Fsp3) is 0.727. The van der Waals surface area contributed by atoms with E-state index in [4.69, 9.17) is 0 Å². The number of rotatable bonds is 4. The number of fused-ring (bicyclic) bond motifs is 1. The highest BCUT2D eigenvalue weighted by atomic mass is 16.1. The van der Waals surface area contributed by atoms with Gasteiger partial charge in [0.25, 0.3) is 5.91 Å². The maximum absolute atomic E-state index is 12.8. The lowest BCUT2D eigenvalue weighted by molar-refractivity contribution is 0.0921. The Balaban J connectivity index is 2.54. The number of amides is 1. The third-order valence-corrected chi connectivity index (χ3v) is 4.37. The van der Waals surface area contributed by atoms with Crippen molar-refractivity contribution in [1.82, 2.24) is 19.9 Å². The summed E-state index contributed by atoms with van der Waals surface area (Å²) in [5, 5.41) is 11.3. The number of anilines is 1. The van der Waals surface area contributed by atoms with Crippen molar-refractivity contribution >= 4 is 17.4 Å². The number of carbonyl (C=O) groups is 1. The molecule has 28 heavy (non-hydrogen) atoms. The maximum Gasteiger partial charge on any atom is 0.257 e. The van der Waals surface area contributed by atoms with Gasteiger partial charge in [-0.15, -0.1) is 0 Å². The summed E-state index contributed by atoms with van der Waals surface area (Å²) >= 11 is 0. The van der Waals surface area contributed by atoms with Crippen LogP contribution in [0.5, 0.6) is 0 Å². The van der Waals surface area contributed by atoms with Gasteiger partial charge in [-0.2, -0.15) is 9.61 Å². The molecule has 0 aliphatic rings. The molecule has 0 bridgehead atoms. The van der Waals surface area contributed by atoms with Crippen LogP contribution >= 0.6 is 0 Å². The van der Waals surface area contributed by atoms with E-state index in [0.29, 0.717) is 5.56 Å². The number of hydrogen-bond acceptors (Lipinski definition) is 3. The monoisotopic (exact) mass is 389 g/mol. The van der Waals surface area contributed by atoms with E-state index in [1.807, 2.05) is 25.3 Å². The van der Waals surface area contributed by atoms with E-state index >= 15 is 0 Å². The average Bonchev–Trinajstić information content (AvgIpc) is 2.92. The Labute approximate surface area is 169 Å². The zero-order valence-electron chi connectivity index (χ0n) is 19.6. The minimum absolute atomic E-state index is 0.121. The third-order valence-electron chi connectivity index (χ3n) is 4.37. The SMILES string of the molecule is CC(C)(C)CC(C)(C)Nc1c(C(C)(C)C)[nH]c2c(C(=O)NC(C)(C)C)cnn12. The molecular weight excluding hydrogens is 350 g/mol. The standard InChI is InChI=1S/C22H39N5O/c1-19(2,3)13-22(10,11)25-17-15(20(4,5)6)24-16-14(12-23-27(16)17)18(28)26-21(7,8)9/h12,24-25H,13H2,1-11H3,(H,26,28). The molecular formula is C22H39N5O. The Kier molecular flexibility index (Phi) is 5.43. The van der Waals surface area contributed by atoms with Crippen LogP contribution in [0.2, 0.25) is 0 Å². The molecule has 6 nitrogen and oxygen atoms in total. The molecule has 0 atom stereocenters. The summed E-state index contributed by atoms with van der Waals surface area (Å²) in [5.74, 6) is 0.802. The van der Waals surface area contributed by atoms with Gasteiger partial charge in [-0.1, -0.05) is 41.5 Å². The second-order valence-electron chi connectivity index (χ2n) is 11.9. The molecule has 2 heterocycles. The Hall–Kier alpha value is -1.98. The predicted molar refractivity (Wildman–Crippen MR) is 117 cm³/mol. The van der Waals surface area contributed by atoms with Crippen LogP contribution in [0.3, 0.4) is 0 Å². The van der Waals surface area contributed by atoms with Gasteiger partial charge in [0.1, 0.15) is 17.0 Å². The van der Waals surface area contributed by atoms with Gasteiger partial charge in [-0.25, -0.2) is 0 Å². The Bertz CT molecular complexity index is 850. The van der Waals surface area contributed by atoms with Gasteiger partial charge in [0.15, 0.2) is 0 Å². The van der Waals surface area contributed by atoms with Crippen LogP contribution in [0, 0.1) is 5.41 Å². The van der Waals surface area contributed by atoms with Crippen molar-refractivity contribution in [1.29, 1.82) is 0 Å². The van der Waals surface area contributed by atoms with E-state index in [1.165, 1.54) is 0 Å². The maximum atomic E-state index is 12.8. The minimum atomic E-state index is -0.305. The van der Waals surface area contributed by atoms with Crippen molar-refractivity contribution in [2.75, 3.05) is 5.32 Å². The van der Waals surface area contributed by atoms with Crippen molar-refractivity contribution < 1.29 is 4.79 Å². The second kappa shape index (κ2) is 6.82. The predicted octanol–water partition coefficient (Wildman–Crippen LogP) is 5.11. The number of aromatic amines is 1. The van der Waals surface area contributed by atoms with Gasteiger partial charge in [0, 0.05) is 16.5 Å². The Morgan fingerprint density at radius 2 is 1.61 bits per heavy atom. The van der Waals surface area contributed by atoms with Crippen LogP contribution in [0.25, 0.3) is 5.65 Å². The quantitative estimate of drug-likeness (QED) is 0.680. The molecule has 6 heteroatoms. The first kappa shape index (κ1) is 22.3. The number of imidazole rings is 1. The van der Waals surface area contributed by atoms with Crippen molar-refractivity contribution in [2.24, 2.45) is 5.41 Å². The number of nitrogens with one attached hydrogen (secondary N) is 3. The molecule has 0 aromatic carbocycles. The molecule has 0 saturated carbocycles. The van der Waals surface area contributed by atoms with Gasteiger partial charge in [-0.3, -0.25) is 4.79 Å². The topological polar surface area (TPSA) is 74.2 Å². The van der Waals surface area contributed by atoms with Gasteiger partial charge >= 0.3 is 0 Å². The number of carbonyl (C=O) groups excluding carboxylic acids is 1. The van der Waals surface area contributed by atoms with Gasteiger partial charge in [0.2, 0.25) is 0 Å². The summed E-state index contributed by atoms with van der Waals surface area (Å²) in [6.45, 7) is 23.6. The molecule has 0 saturated heterocycles. The van der Waals surface area contributed by atoms with Crippen LogP contribution in [0.15, 0.2) is 6.20 Å². The summed E-state index contributed by atoms with van der Waals surface area (Å²) in [7, 11) is 0. The number of nitrogens with zero attached hydrogens (tertiary/aromatic N) is 2. The summed E-state index contributed by atoms with van der Waals surface area (Å²) < 4.78 is 1.84. The molecule has 0 radical (unpaired) electrons. The second-order valence-corrected chi connectivity index (χ2v) is 11.9. The molecule has 0 fully saturated rings. The first-order valence-electron chi connectivity index (χ1n) is 10.1. The van der Waals surface area contributed by atoms with E-state index in [-0.39, 0.29) is 27.8 Å². The zero-order valence-corrected chi connectivity index (χ0v) is 19.6. The van der Waals surface area contributed by atoms with Crippen LogP contribution < -0.4 is 10.6 Å². The Morgan fingerprint density at radius 3 is 2.07 bits per heavy atom.